The molecule has 0 aliphatic heterocycles. The molecule has 1 aromatic heterocycles. The van der Waals surface area contributed by atoms with Crippen molar-refractivity contribution in [3.05, 3.63) is 77.6 Å². The fourth-order valence-electron chi connectivity index (χ4n) is 4.93. The number of carbonyl (C=O) groups excluding carboxylic acids is 1. The Kier molecular flexibility index (Phi) is 11.7. The zero-order valence-electron chi connectivity index (χ0n) is 24.3. The summed E-state index contributed by atoms with van der Waals surface area (Å²) in [6.07, 6.45) is 3.66. The maximum Gasteiger partial charge on any atom is 0.411 e. The Morgan fingerprint density at radius 1 is 1.17 bits per heavy atom. The van der Waals surface area contributed by atoms with Crippen molar-refractivity contribution < 1.29 is 23.8 Å². The molecule has 1 amide bonds. The number of nitrogen functional groups attached to an aromatic ring is 1. The minimum absolute atomic E-state index is 0.178. The Morgan fingerprint density at radius 2 is 1.93 bits per heavy atom. The summed E-state index contributed by atoms with van der Waals surface area (Å²) in [5.74, 6) is 1.57. The summed E-state index contributed by atoms with van der Waals surface area (Å²) in [6.45, 7) is 3.39. The molecular weight excluding hydrogens is 525 g/mol. The van der Waals surface area contributed by atoms with Crippen molar-refractivity contribution in [1.29, 1.82) is 0 Å². The highest BCUT2D eigenvalue weighted by Crippen LogP contribution is 2.42. The molecule has 41 heavy (non-hydrogen) atoms. The van der Waals surface area contributed by atoms with Gasteiger partial charge >= 0.3 is 6.09 Å². The van der Waals surface area contributed by atoms with E-state index in [2.05, 4.69) is 34.6 Å². The van der Waals surface area contributed by atoms with Crippen molar-refractivity contribution in [3.63, 3.8) is 0 Å². The fourth-order valence-corrected chi connectivity index (χ4v) is 4.93. The number of nitrogens with zero attached hydrogens (tertiary/aromatic N) is 2. The van der Waals surface area contributed by atoms with Crippen LogP contribution in [0.2, 0.25) is 0 Å². The predicted octanol–water partition coefficient (Wildman–Crippen LogP) is 5.62. The normalized spacial score (nSPS) is 18.2. The van der Waals surface area contributed by atoms with Crippen molar-refractivity contribution in [2.24, 2.45) is 5.92 Å². The van der Waals surface area contributed by atoms with Gasteiger partial charge < -0.3 is 30.5 Å². The number of nitrogens with one attached hydrogen (secondary N) is 2. The average molecular weight is 568 g/mol. The zero-order chi connectivity index (χ0) is 29.8. The number of ether oxygens (including phenoxy) is 2. The number of aliphatic hydroxyl groups is 1. The summed E-state index contributed by atoms with van der Waals surface area (Å²) in [6, 6.07) is 17.4. The standard InChI is InChI=1S/C16H25NO2.C15H17FN4O2/c1-17(2)12-14-7-4-5-10-16(14,18)13-8-6-9-15(11-13)19-3;1-2-22-15(21)19-12-7-8-13(20-14(12)17)18-9-10-3-5-11(16)6-4-10/h6,8-9,11,14,18H,4-5,7,10,12H2,1-3H3;3-8H,2,9H2,1H3,(H,19,21)(H3,17,18,20)/t14-,16+;/m1./s1. The predicted molar refractivity (Wildman–Crippen MR) is 160 cm³/mol. The molecule has 4 rings (SSSR count). The number of halogens is 1. The van der Waals surface area contributed by atoms with Crippen molar-refractivity contribution >= 4 is 23.4 Å². The van der Waals surface area contributed by atoms with Gasteiger partial charge in [-0.05, 0) is 81.4 Å². The molecule has 3 aromatic rings. The summed E-state index contributed by atoms with van der Waals surface area (Å²) < 4.78 is 22.9. The first-order chi connectivity index (χ1) is 19.6. The maximum atomic E-state index is 12.8. The van der Waals surface area contributed by atoms with Crippen molar-refractivity contribution in [2.45, 2.75) is 44.8 Å². The lowest BCUT2D eigenvalue weighted by molar-refractivity contribution is -0.0619. The van der Waals surface area contributed by atoms with Gasteiger partial charge in [-0.3, -0.25) is 5.32 Å². The number of methoxy groups -OCH3 is 1. The van der Waals surface area contributed by atoms with E-state index in [1.165, 1.54) is 18.6 Å². The molecule has 2 aromatic carbocycles. The van der Waals surface area contributed by atoms with Crippen LogP contribution in [0.1, 0.15) is 43.7 Å². The van der Waals surface area contributed by atoms with Gasteiger partial charge in [0.05, 0.1) is 25.0 Å². The van der Waals surface area contributed by atoms with Gasteiger partial charge in [-0.15, -0.1) is 0 Å². The quantitative estimate of drug-likeness (QED) is 0.263. The number of hydrogen-bond acceptors (Lipinski definition) is 8. The van der Waals surface area contributed by atoms with Crippen LogP contribution < -0.4 is 21.1 Å². The minimum Gasteiger partial charge on any atom is -0.497 e. The van der Waals surface area contributed by atoms with Gasteiger partial charge in [-0.1, -0.05) is 37.1 Å². The Labute approximate surface area is 241 Å². The Balaban J connectivity index is 0.000000228. The van der Waals surface area contributed by atoms with Crippen LogP contribution >= 0.6 is 0 Å². The largest absolute Gasteiger partial charge is 0.497 e. The summed E-state index contributed by atoms with van der Waals surface area (Å²) >= 11 is 0. The molecule has 10 heteroatoms. The summed E-state index contributed by atoms with van der Waals surface area (Å²) in [5.41, 5.74) is 7.36. The Hall–Kier alpha value is -3.89. The van der Waals surface area contributed by atoms with E-state index in [0.717, 1.165) is 42.7 Å². The van der Waals surface area contributed by atoms with Gasteiger partial charge in [0.1, 0.15) is 23.2 Å². The minimum atomic E-state index is -0.711. The Bertz CT molecular complexity index is 1260. The third-order valence-corrected chi connectivity index (χ3v) is 7.01. The second-order valence-electron chi connectivity index (χ2n) is 10.3. The second kappa shape index (κ2) is 15.2. The molecule has 1 heterocycles. The van der Waals surface area contributed by atoms with E-state index in [0.29, 0.717) is 24.0 Å². The van der Waals surface area contributed by atoms with Gasteiger partial charge in [0.2, 0.25) is 0 Å². The first-order valence-corrected chi connectivity index (χ1v) is 13.8. The molecule has 1 aliphatic carbocycles. The SMILES string of the molecule is CCOC(=O)Nc1ccc(NCc2ccc(F)cc2)nc1N.COc1cccc([C@@]2(O)CCCC[C@@H]2CN(C)C)c1. The molecule has 1 saturated carbocycles. The number of anilines is 3. The summed E-state index contributed by atoms with van der Waals surface area (Å²) in [5, 5.41) is 16.8. The summed E-state index contributed by atoms with van der Waals surface area (Å²) in [7, 11) is 5.81. The third-order valence-electron chi connectivity index (χ3n) is 7.01. The fraction of sp³-hybridized carbons (Fsp3) is 0.419. The lowest BCUT2D eigenvalue weighted by atomic mass is 9.71. The van der Waals surface area contributed by atoms with Crippen LogP contribution in [0.3, 0.4) is 0 Å². The molecule has 0 spiro atoms. The number of aromatic nitrogens is 1. The number of pyridine rings is 1. The molecule has 5 N–H and O–H groups in total. The van der Waals surface area contributed by atoms with Crippen LogP contribution in [0.15, 0.2) is 60.7 Å². The molecular formula is C31H42FN5O4. The van der Waals surface area contributed by atoms with Gasteiger partial charge in [0.25, 0.3) is 0 Å². The molecule has 222 valence electrons. The molecule has 0 saturated heterocycles. The topological polar surface area (TPSA) is 122 Å². The number of hydrogen-bond donors (Lipinski definition) is 4. The number of carbonyl (C=O) groups is 1. The molecule has 2 atom stereocenters. The van der Waals surface area contributed by atoms with Gasteiger partial charge in [0.15, 0.2) is 0 Å². The van der Waals surface area contributed by atoms with E-state index in [4.69, 9.17) is 15.2 Å². The zero-order valence-corrected chi connectivity index (χ0v) is 24.3. The average Bonchev–Trinajstić information content (AvgIpc) is 2.96. The molecule has 1 aliphatic rings. The highest BCUT2D eigenvalue weighted by molar-refractivity contribution is 5.88. The van der Waals surface area contributed by atoms with Crippen LogP contribution in [-0.4, -0.2) is 55.4 Å². The smallest absolute Gasteiger partial charge is 0.411 e. The van der Waals surface area contributed by atoms with E-state index in [-0.39, 0.29) is 18.2 Å². The van der Waals surface area contributed by atoms with E-state index >= 15 is 0 Å². The van der Waals surface area contributed by atoms with Crippen LogP contribution in [0.25, 0.3) is 0 Å². The first-order valence-electron chi connectivity index (χ1n) is 13.8. The monoisotopic (exact) mass is 567 g/mol. The van der Waals surface area contributed by atoms with Crippen LogP contribution in [0, 0.1) is 11.7 Å². The highest BCUT2D eigenvalue weighted by atomic mass is 19.1. The van der Waals surface area contributed by atoms with E-state index < -0.39 is 11.7 Å². The van der Waals surface area contributed by atoms with Crippen molar-refractivity contribution in [1.82, 2.24) is 9.88 Å². The van der Waals surface area contributed by atoms with E-state index in [1.54, 1.807) is 38.3 Å². The molecule has 0 bridgehead atoms. The number of amides is 1. The lowest BCUT2D eigenvalue weighted by Gasteiger charge is -2.41. The number of nitrogens with two attached hydrogens (primary N) is 1. The second-order valence-corrected chi connectivity index (χ2v) is 10.3. The first kappa shape index (κ1) is 31.6. The van der Waals surface area contributed by atoms with Crippen molar-refractivity contribution in [3.8, 4) is 5.75 Å². The summed E-state index contributed by atoms with van der Waals surface area (Å²) in [4.78, 5) is 17.6. The van der Waals surface area contributed by atoms with Crippen LogP contribution in [0.5, 0.6) is 5.75 Å². The van der Waals surface area contributed by atoms with Gasteiger partial charge in [-0.2, -0.15) is 0 Å². The van der Waals surface area contributed by atoms with E-state index in [9.17, 15) is 14.3 Å². The van der Waals surface area contributed by atoms with Gasteiger partial charge in [-0.25, -0.2) is 14.2 Å². The molecule has 0 radical (unpaired) electrons. The van der Waals surface area contributed by atoms with Crippen LogP contribution in [-0.2, 0) is 16.9 Å². The van der Waals surface area contributed by atoms with E-state index in [1.807, 2.05) is 24.3 Å². The van der Waals surface area contributed by atoms with Gasteiger partial charge in [0, 0.05) is 19.0 Å². The van der Waals surface area contributed by atoms with Crippen molar-refractivity contribution in [2.75, 3.05) is 50.7 Å². The van der Waals surface area contributed by atoms with Crippen LogP contribution in [0.4, 0.5) is 26.5 Å². The number of rotatable bonds is 9. The number of benzene rings is 2. The maximum absolute atomic E-state index is 12.8. The Morgan fingerprint density at radius 3 is 2.59 bits per heavy atom. The highest BCUT2D eigenvalue weighted by Gasteiger charge is 2.40. The molecule has 9 nitrogen and oxygen atoms in total. The molecule has 1 fully saturated rings. The third kappa shape index (κ3) is 9.33. The lowest BCUT2D eigenvalue weighted by Crippen LogP contribution is -2.43. The molecule has 0 unspecified atom stereocenters.